The van der Waals surface area contributed by atoms with Gasteiger partial charge in [-0.05, 0) is 61.1 Å². The average molecular weight is 446 g/mol. The highest BCUT2D eigenvalue weighted by Crippen LogP contribution is 2.39. The third-order valence-corrected chi connectivity index (χ3v) is 6.59. The second-order valence-electron chi connectivity index (χ2n) is 8.33. The van der Waals surface area contributed by atoms with E-state index in [0.717, 1.165) is 22.4 Å². The van der Waals surface area contributed by atoms with E-state index in [1.54, 1.807) is 11.3 Å². The van der Waals surface area contributed by atoms with E-state index in [4.69, 9.17) is 10.1 Å². The Morgan fingerprint density at radius 1 is 1.06 bits per heavy atom. The first kappa shape index (κ1) is 23.7. The van der Waals surface area contributed by atoms with Crippen molar-refractivity contribution in [1.29, 1.82) is 0 Å². The standard InChI is InChI=1S/C17H11NS.C6H12.C5H8O2/c1-2-6-13-11-14(10-9-12(13)5-1)17-18-15-7-3-4-8-16(15)19-17;1-3-6-4-5(6)2;1-4(6)3-5(2)7/h1-11H;5-6H,3-4H2,1-2H3;3,6H,1-2H3/b;;4-3-. The number of thiazole rings is 1. The lowest BCUT2D eigenvalue weighted by molar-refractivity contribution is -0.112. The molecule has 0 amide bonds. The highest BCUT2D eigenvalue weighted by Gasteiger charge is 2.29. The highest BCUT2D eigenvalue weighted by molar-refractivity contribution is 7.21. The lowest BCUT2D eigenvalue weighted by Crippen LogP contribution is -1.82. The van der Waals surface area contributed by atoms with E-state index < -0.39 is 0 Å². The van der Waals surface area contributed by atoms with E-state index in [1.165, 1.54) is 53.8 Å². The van der Waals surface area contributed by atoms with Crippen LogP contribution < -0.4 is 0 Å². The van der Waals surface area contributed by atoms with Crippen molar-refractivity contribution in [2.45, 2.75) is 40.5 Å². The second kappa shape index (κ2) is 11.1. The Morgan fingerprint density at radius 2 is 1.72 bits per heavy atom. The zero-order valence-electron chi connectivity index (χ0n) is 19.2. The third kappa shape index (κ3) is 6.76. The molecule has 2 unspecified atom stereocenters. The molecule has 1 N–H and O–H groups in total. The minimum absolute atomic E-state index is 0.0625. The number of hydrogen-bond donors (Lipinski definition) is 1. The van der Waals surface area contributed by atoms with Crippen molar-refractivity contribution in [1.82, 2.24) is 4.98 Å². The molecule has 166 valence electrons. The molecule has 4 heteroatoms. The van der Waals surface area contributed by atoms with Gasteiger partial charge in [0.05, 0.1) is 16.0 Å². The maximum absolute atomic E-state index is 10.0. The van der Waals surface area contributed by atoms with Crippen molar-refractivity contribution in [2.75, 3.05) is 0 Å². The molecule has 1 saturated carbocycles. The SMILES string of the molecule is CC(=O)/C=C(/C)O.CCC1CC1C.c1ccc2cc(-c3nc4ccccc4s3)ccc2c1. The van der Waals surface area contributed by atoms with E-state index in [1.807, 2.05) is 6.07 Å². The fourth-order valence-electron chi connectivity index (χ4n) is 3.58. The molecule has 0 radical (unpaired) electrons. The number of carbonyl (C=O) groups excluding carboxylic acids is 1. The number of aliphatic hydroxyl groups excluding tert-OH is 1. The summed E-state index contributed by atoms with van der Waals surface area (Å²) in [6, 6.07) is 23.2. The van der Waals surface area contributed by atoms with Crippen molar-refractivity contribution < 1.29 is 9.90 Å². The predicted octanol–water partition coefficient (Wildman–Crippen LogP) is 8.21. The maximum atomic E-state index is 10.0. The summed E-state index contributed by atoms with van der Waals surface area (Å²) in [5.74, 6) is 2.10. The molecule has 4 aromatic rings. The molecule has 0 bridgehead atoms. The molecule has 1 aliphatic carbocycles. The number of ketones is 1. The summed E-state index contributed by atoms with van der Waals surface area (Å²) in [6.07, 6.45) is 4.07. The quantitative estimate of drug-likeness (QED) is 0.255. The van der Waals surface area contributed by atoms with Crippen LogP contribution in [0.5, 0.6) is 0 Å². The van der Waals surface area contributed by atoms with Gasteiger partial charge in [0, 0.05) is 11.6 Å². The summed E-state index contributed by atoms with van der Waals surface area (Å²) >= 11 is 1.75. The Morgan fingerprint density at radius 3 is 2.25 bits per heavy atom. The molecule has 1 aliphatic rings. The van der Waals surface area contributed by atoms with Gasteiger partial charge in [0.2, 0.25) is 0 Å². The normalized spacial score (nSPS) is 17.2. The number of rotatable bonds is 3. The molecule has 0 aliphatic heterocycles. The van der Waals surface area contributed by atoms with Crippen LogP contribution >= 0.6 is 11.3 Å². The van der Waals surface area contributed by atoms with Gasteiger partial charge in [-0.3, -0.25) is 4.79 Å². The molecule has 2 atom stereocenters. The largest absolute Gasteiger partial charge is 0.512 e. The minimum Gasteiger partial charge on any atom is -0.512 e. The number of nitrogens with zero attached hydrogens (tertiary/aromatic N) is 1. The monoisotopic (exact) mass is 445 g/mol. The fraction of sp³-hybridized carbons (Fsp3) is 0.286. The number of hydrogen-bond acceptors (Lipinski definition) is 4. The molecule has 3 nitrogen and oxygen atoms in total. The first-order valence-corrected chi connectivity index (χ1v) is 11.9. The van der Waals surface area contributed by atoms with Gasteiger partial charge in [-0.1, -0.05) is 68.8 Å². The van der Waals surface area contributed by atoms with Crippen molar-refractivity contribution in [3.63, 3.8) is 0 Å². The number of carbonyl (C=O) groups is 1. The minimum atomic E-state index is -0.125. The first-order chi connectivity index (χ1) is 15.4. The van der Waals surface area contributed by atoms with Crippen LogP contribution in [0.25, 0.3) is 31.6 Å². The van der Waals surface area contributed by atoms with E-state index in [2.05, 4.69) is 74.5 Å². The molecular formula is C28H31NO2S. The molecule has 1 aromatic heterocycles. The molecule has 1 heterocycles. The highest BCUT2D eigenvalue weighted by atomic mass is 32.1. The summed E-state index contributed by atoms with van der Waals surface area (Å²) < 4.78 is 1.24. The fourth-order valence-corrected chi connectivity index (χ4v) is 4.54. The van der Waals surface area contributed by atoms with Crippen molar-refractivity contribution >= 4 is 38.1 Å². The molecule has 1 fully saturated rings. The van der Waals surface area contributed by atoms with Crippen LogP contribution in [0.3, 0.4) is 0 Å². The van der Waals surface area contributed by atoms with Gasteiger partial charge < -0.3 is 5.11 Å². The smallest absolute Gasteiger partial charge is 0.155 e. The number of benzene rings is 3. The predicted molar refractivity (Wildman–Crippen MR) is 137 cm³/mol. The van der Waals surface area contributed by atoms with Gasteiger partial charge in [-0.25, -0.2) is 4.98 Å². The van der Waals surface area contributed by atoms with Crippen molar-refractivity contribution in [2.24, 2.45) is 11.8 Å². The molecular weight excluding hydrogens is 414 g/mol. The lowest BCUT2D eigenvalue weighted by Gasteiger charge is -2.00. The van der Waals surface area contributed by atoms with Gasteiger partial charge in [-0.15, -0.1) is 11.3 Å². The molecule has 5 rings (SSSR count). The van der Waals surface area contributed by atoms with Gasteiger partial charge >= 0.3 is 0 Å². The van der Waals surface area contributed by atoms with Crippen LogP contribution in [-0.2, 0) is 4.79 Å². The number of para-hydroxylation sites is 1. The van der Waals surface area contributed by atoms with Crippen molar-refractivity contribution in [3.05, 3.63) is 78.6 Å². The number of aliphatic hydroxyl groups is 1. The molecule has 3 aromatic carbocycles. The van der Waals surface area contributed by atoms with E-state index in [9.17, 15) is 4.79 Å². The first-order valence-electron chi connectivity index (χ1n) is 11.1. The Bertz CT molecular complexity index is 1190. The van der Waals surface area contributed by atoms with Crippen LogP contribution in [-0.4, -0.2) is 15.9 Å². The van der Waals surface area contributed by atoms with Crippen LogP contribution in [0, 0.1) is 11.8 Å². The van der Waals surface area contributed by atoms with E-state index >= 15 is 0 Å². The maximum Gasteiger partial charge on any atom is 0.155 e. The molecule has 32 heavy (non-hydrogen) atoms. The summed E-state index contributed by atoms with van der Waals surface area (Å²) in [4.78, 5) is 14.7. The van der Waals surface area contributed by atoms with Crippen LogP contribution in [0.4, 0.5) is 0 Å². The Labute approximate surface area is 194 Å². The zero-order valence-corrected chi connectivity index (χ0v) is 20.0. The van der Waals surface area contributed by atoms with Gasteiger partial charge in [0.15, 0.2) is 5.78 Å². The topological polar surface area (TPSA) is 50.2 Å². The summed E-state index contributed by atoms with van der Waals surface area (Å²) in [5, 5.41) is 12.0. The van der Waals surface area contributed by atoms with E-state index in [-0.39, 0.29) is 11.5 Å². The van der Waals surface area contributed by atoms with E-state index in [0.29, 0.717) is 0 Å². The number of fused-ring (bicyclic) bond motifs is 2. The molecule has 0 spiro atoms. The summed E-state index contributed by atoms with van der Waals surface area (Å²) in [6.45, 7) is 7.45. The number of allylic oxidation sites excluding steroid dienone is 2. The lowest BCUT2D eigenvalue weighted by atomic mass is 10.1. The third-order valence-electron chi connectivity index (χ3n) is 5.50. The van der Waals surface area contributed by atoms with Crippen LogP contribution in [0.1, 0.15) is 40.5 Å². The Kier molecular flexibility index (Phi) is 8.18. The Hall–Kier alpha value is -2.98. The summed E-state index contributed by atoms with van der Waals surface area (Å²) in [7, 11) is 0. The average Bonchev–Trinajstić information content (AvgIpc) is 3.32. The van der Waals surface area contributed by atoms with Gasteiger partial charge in [0.25, 0.3) is 0 Å². The number of aromatic nitrogens is 1. The second-order valence-corrected chi connectivity index (χ2v) is 9.36. The van der Waals surface area contributed by atoms with Crippen LogP contribution in [0.2, 0.25) is 0 Å². The van der Waals surface area contributed by atoms with Crippen molar-refractivity contribution in [3.8, 4) is 10.6 Å². The van der Waals surface area contributed by atoms with Crippen LogP contribution in [0.15, 0.2) is 78.6 Å². The summed E-state index contributed by atoms with van der Waals surface area (Å²) in [5.41, 5.74) is 2.27. The molecule has 0 saturated heterocycles. The van der Waals surface area contributed by atoms with Gasteiger partial charge in [-0.2, -0.15) is 0 Å². The Balaban J connectivity index is 0.000000184. The van der Waals surface area contributed by atoms with Gasteiger partial charge in [0.1, 0.15) is 5.01 Å². The zero-order chi connectivity index (χ0) is 23.1.